The molecule has 3 aromatic rings. The number of nitrogens with zero attached hydrogens (tertiary/aromatic N) is 3. The summed E-state index contributed by atoms with van der Waals surface area (Å²) in [6.07, 6.45) is 3.44. The van der Waals surface area contributed by atoms with E-state index >= 15 is 0 Å². The minimum Gasteiger partial charge on any atom is -0.530 e. The Balaban J connectivity index is 1.27. The average molecular weight is 450 g/mol. The Morgan fingerprint density at radius 3 is 2.70 bits per heavy atom. The standard InChI is InChI=1S/C24H30N6O3/c1-2-30(24(32)33)20-8-9-21(28-23(20)25)29-13-11-17(12-14-29)27-22(31)10-7-16-15-26-19-6-4-3-5-18(16)19/h3-6,8-9,15,17,26H,2,7,10-14H2,1H3,(H2,25,28)(H,27,31)(H,32,33)/p-1. The number of hydrogen-bond acceptors (Lipinski definition) is 6. The summed E-state index contributed by atoms with van der Waals surface area (Å²) in [7, 11) is 0. The first-order chi connectivity index (χ1) is 16.0. The number of aromatic nitrogens is 2. The number of rotatable bonds is 7. The molecule has 0 atom stereocenters. The summed E-state index contributed by atoms with van der Waals surface area (Å²) >= 11 is 0. The Bertz CT molecular complexity index is 1140. The fourth-order valence-electron chi connectivity index (χ4n) is 4.40. The van der Waals surface area contributed by atoms with E-state index in [2.05, 4.69) is 26.3 Å². The quantitative estimate of drug-likeness (QED) is 0.506. The molecular formula is C24H29N6O3-. The third-order valence-electron chi connectivity index (χ3n) is 6.20. The number of piperidine rings is 1. The Morgan fingerprint density at radius 2 is 2.00 bits per heavy atom. The van der Waals surface area contributed by atoms with Gasteiger partial charge in [-0.1, -0.05) is 18.2 Å². The Kier molecular flexibility index (Phi) is 6.67. The zero-order chi connectivity index (χ0) is 23.4. The van der Waals surface area contributed by atoms with Crippen LogP contribution in [0.5, 0.6) is 0 Å². The van der Waals surface area contributed by atoms with Gasteiger partial charge in [0.1, 0.15) is 17.7 Å². The molecule has 1 aliphatic heterocycles. The predicted molar refractivity (Wildman–Crippen MR) is 127 cm³/mol. The van der Waals surface area contributed by atoms with E-state index in [0.29, 0.717) is 24.3 Å². The van der Waals surface area contributed by atoms with Gasteiger partial charge in [0.05, 0.1) is 5.69 Å². The van der Waals surface area contributed by atoms with Gasteiger partial charge in [-0.3, -0.25) is 4.79 Å². The highest BCUT2D eigenvalue weighted by Crippen LogP contribution is 2.26. The van der Waals surface area contributed by atoms with Crippen molar-refractivity contribution in [2.24, 2.45) is 0 Å². The molecule has 1 fully saturated rings. The van der Waals surface area contributed by atoms with Crippen LogP contribution in [0.3, 0.4) is 0 Å². The SMILES string of the molecule is CCN(C(=O)[O-])c1ccc(N2CCC(NC(=O)CCc3c[nH]c4ccccc34)CC2)nc1N. The first-order valence-corrected chi connectivity index (χ1v) is 11.3. The smallest absolute Gasteiger partial charge is 0.220 e. The largest absolute Gasteiger partial charge is 0.530 e. The predicted octanol–water partition coefficient (Wildman–Crippen LogP) is 2.03. The second-order valence-corrected chi connectivity index (χ2v) is 8.27. The molecule has 4 rings (SSSR count). The van der Waals surface area contributed by atoms with Crippen LogP contribution in [0.15, 0.2) is 42.6 Å². The van der Waals surface area contributed by atoms with Gasteiger partial charge in [0.15, 0.2) is 0 Å². The number of aryl methyl sites for hydroxylation is 1. The highest BCUT2D eigenvalue weighted by molar-refractivity contribution is 5.88. The lowest BCUT2D eigenvalue weighted by Crippen LogP contribution is -2.45. The molecule has 3 heterocycles. The number of amides is 2. The monoisotopic (exact) mass is 449 g/mol. The summed E-state index contributed by atoms with van der Waals surface area (Å²) < 4.78 is 0. The molecule has 0 spiro atoms. The first kappa shape index (κ1) is 22.4. The fourth-order valence-corrected chi connectivity index (χ4v) is 4.40. The molecule has 4 N–H and O–H groups in total. The van der Waals surface area contributed by atoms with E-state index < -0.39 is 6.09 Å². The van der Waals surface area contributed by atoms with Crippen molar-refractivity contribution in [3.05, 3.63) is 48.2 Å². The molecule has 0 bridgehead atoms. The van der Waals surface area contributed by atoms with Gasteiger partial charge in [-0.05, 0) is 49.9 Å². The number of pyridine rings is 1. The van der Waals surface area contributed by atoms with Gasteiger partial charge in [-0.2, -0.15) is 0 Å². The molecule has 1 aromatic carbocycles. The van der Waals surface area contributed by atoms with Crippen LogP contribution in [0.25, 0.3) is 10.9 Å². The van der Waals surface area contributed by atoms with E-state index in [1.165, 1.54) is 0 Å². The van der Waals surface area contributed by atoms with Crippen LogP contribution in [0.2, 0.25) is 0 Å². The van der Waals surface area contributed by atoms with Crippen molar-refractivity contribution >= 4 is 40.2 Å². The topological polar surface area (TPSA) is 130 Å². The van der Waals surface area contributed by atoms with Crippen LogP contribution in [0, 0.1) is 0 Å². The number of H-pyrrole nitrogens is 1. The summed E-state index contributed by atoms with van der Waals surface area (Å²) in [5.74, 6) is 0.924. The van der Waals surface area contributed by atoms with Crippen LogP contribution in [0.1, 0.15) is 31.7 Å². The summed E-state index contributed by atoms with van der Waals surface area (Å²) in [4.78, 5) is 34.6. The van der Waals surface area contributed by atoms with Gasteiger partial charge < -0.3 is 35.7 Å². The molecular weight excluding hydrogens is 420 g/mol. The molecule has 1 aliphatic rings. The van der Waals surface area contributed by atoms with Gasteiger partial charge in [-0.15, -0.1) is 0 Å². The molecule has 9 heteroatoms. The maximum atomic E-state index is 12.5. The van der Waals surface area contributed by atoms with Gasteiger partial charge in [0, 0.05) is 49.2 Å². The van der Waals surface area contributed by atoms with E-state index in [0.717, 1.165) is 47.3 Å². The maximum Gasteiger partial charge on any atom is 0.220 e. The van der Waals surface area contributed by atoms with E-state index in [-0.39, 0.29) is 24.3 Å². The van der Waals surface area contributed by atoms with Gasteiger partial charge in [0.25, 0.3) is 0 Å². The number of anilines is 3. The second kappa shape index (κ2) is 9.81. The summed E-state index contributed by atoms with van der Waals surface area (Å²) in [6.45, 7) is 3.41. The average Bonchev–Trinajstić information content (AvgIpc) is 3.23. The minimum atomic E-state index is -1.31. The highest BCUT2D eigenvalue weighted by Gasteiger charge is 2.22. The molecule has 0 aliphatic carbocycles. The number of carbonyl (C=O) groups is 2. The van der Waals surface area contributed by atoms with Crippen LogP contribution in [0.4, 0.5) is 22.1 Å². The summed E-state index contributed by atoms with van der Waals surface area (Å²) in [5, 5.41) is 15.6. The van der Waals surface area contributed by atoms with Crippen molar-refractivity contribution in [1.29, 1.82) is 0 Å². The molecule has 2 aromatic heterocycles. The Hall–Kier alpha value is -3.75. The molecule has 2 amide bonds. The van der Waals surface area contributed by atoms with Crippen molar-refractivity contribution in [3.8, 4) is 0 Å². The Labute approximate surface area is 192 Å². The number of hydrogen-bond donors (Lipinski definition) is 3. The lowest BCUT2D eigenvalue weighted by Gasteiger charge is -2.34. The van der Waals surface area contributed by atoms with Gasteiger partial charge >= 0.3 is 0 Å². The van der Waals surface area contributed by atoms with Crippen molar-refractivity contribution in [2.45, 2.75) is 38.6 Å². The second-order valence-electron chi connectivity index (χ2n) is 8.27. The number of nitrogen functional groups attached to an aromatic ring is 1. The van der Waals surface area contributed by atoms with Crippen LogP contribution < -0.4 is 26.0 Å². The third-order valence-corrected chi connectivity index (χ3v) is 6.20. The number of fused-ring (bicyclic) bond motifs is 1. The number of carbonyl (C=O) groups excluding carboxylic acids is 2. The van der Waals surface area contributed by atoms with Crippen LogP contribution in [-0.4, -0.2) is 47.6 Å². The maximum absolute atomic E-state index is 12.5. The number of nitrogens with one attached hydrogen (secondary N) is 2. The van der Waals surface area contributed by atoms with Crippen molar-refractivity contribution in [3.63, 3.8) is 0 Å². The zero-order valence-electron chi connectivity index (χ0n) is 18.7. The van der Waals surface area contributed by atoms with E-state index in [9.17, 15) is 14.7 Å². The number of nitrogens with two attached hydrogens (primary N) is 1. The van der Waals surface area contributed by atoms with Gasteiger partial charge in [0.2, 0.25) is 5.91 Å². The molecule has 1 saturated heterocycles. The molecule has 9 nitrogen and oxygen atoms in total. The Morgan fingerprint density at radius 1 is 1.24 bits per heavy atom. The summed E-state index contributed by atoms with van der Waals surface area (Å²) in [6, 6.07) is 11.7. The number of carboxylic acid groups (broad SMARTS) is 1. The van der Waals surface area contributed by atoms with Crippen LogP contribution in [-0.2, 0) is 11.2 Å². The van der Waals surface area contributed by atoms with Crippen molar-refractivity contribution in [2.75, 3.05) is 35.2 Å². The van der Waals surface area contributed by atoms with Crippen molar-refractivity contribution < 1.29 is 14.7 Å². The molecule has 0 radical (unpaired) electrons. The molecule has 174 valence electrons. The third kappa shape index (κ3) is 5.02. The fraction of sp³-hybridized carbons (Fsp3) is 0.375. The lowest BCUT2D eigenvalue weighted by atomic mass is 10.0. The summed E-state index contributed by atoms with van der Waals surface area (Å²) in [5.41, 5.74) is 8.59. The van der Waals surface area contributed by atoms with E-state index in [1.54, 1.807) is 19.1 Å². The van der Waals surface area contributed by atoms with E-state index in [1.807, 2.05) is 24.4 Å². The first-order valence-electron chi connectivity index (χ1n) is 11.3. The molecule has 33 heavy (non-hydrogen) atoms. The zero-order valence-corrected chi connectivity index (χ0v) is 18.7. The van der Waals surface area contributed by atoms with E-state index in [4.69, 9.17) is 5.73 Å². The number of aromatic amines is 1. The normalized spacial score (nSPS) is 14.4. The number of para-hydroxylation sites is 1. The van der Waals surface area contributed by atoms with Crippen LogP contribution >= 0.6 is 0 Å². The van der Waals surface area contributed by atoms with Crippen molar-refractivity contribution in [1.82, 2.24) is 15.3 Å². The lowest BCUT2D eigenvalue weighted by molar-refractivity contribution is -0.246. The molecule has 0 saturated carbocycles. The number of benzene rings is 1. The highest BCUT2D eigenvalue weighted by atomic mass is 16.4. The molecule has 0 unspecified atom stereocenters. The minimum absolute atomic E-state index is 0.0624. The van der Waals surface area contributed by atoms with Gasteiger partial charge in [-0.25, -0.2) is 4.98 Å².